The van der Waals surface area contributed by atoms with Crippen molar-refractivity contribution in [2.24, 2.45) is 0 Å². The van der Waals surface area contributed by atoms with Crippen LogP contribution in [0.25, 0.3) is 0 Å². The summed E-state index contributed by atoms with van der Waals surface area (Å²) in [7, 11) is -4.12. The number of benzene rings is 3. The first-order valence-corrected chi connectivity index (χ1v) is 14.8. The van der Waals surface area contributed by atoms with Gasteiger partial charge >= 0.3 is 0 Å². The maximum Gasteiger partial charge on any atom is 0.264 e. The lowest BCUT2D eigenvalue weighted by Gasteiger charge is -2.32. The summed E-state index contributed by atoms with van der Waals surface area (Å²) in [6, 6.07) is 18.7. The summed E-state index contributed by atoms with van der Waals surface area (Å²) in [6.07, 6.45) is 0.708. The average Bonchev–Trinajstić information content (AvgIpc) is 2.91. The predicted molar refractivity (Wildman–Crippen MR) is 157 cm³/mol. The van der Waals surface area contributed by atoms with E-state index in [0.29, 0.717) is 27.7 Å². The van der Waals surface area contributed by atoms with Crippen molar-refractivity contribution in [3.05, 3.63) is 94.0 Å². The minimum absolute atomic E-state index is 0.0491. The Bertz CT molecular complexity index is 1380. The summed E-state index contributed by atoms with van der Waals surface area (Å²) in [5, 5.41) is 3.57. The Morgan fingerprint density at radius 1 is 0.897 bits per heavy atom. The molecule has 39 heavy (non-hydrogen) atoms. The molecule has 0 aliphatic carbocycles. The summed E-state index contributed by atoms with van der Waals surface area (Å²) in [4.78, 5) is 28.4. The third-order valence-electron chi connectivity index (χ3n) is 6.49. The van der Waals surface area contributed by atoms with Crippen molar-refractivity contribution in [1.82, 2.24) is 10.2 Å². The second kappa shape index (κ2) is 13.3. The maximum atomic E-state index is 13.9. The highest BCUT2D eigenvalue weighted by Crippen LogP contribution is 2.28. The average molecular weight is 591 g/mol. The van der Waals surface area contributed by atoms with Crippen molar-refractivity contribution in [3.63, 3.8) is 0 Å². The van der Waals surface area contributed by atoms with E-state index in [-0.39, 0.29) is 23.4 Å². The molecule has 3 aromatic rings. The highest BCUT2D eigenvalue weighted by Gasteiger charge is 2.33. The highest BCUT2D eigenvalue weighted by atomic mass is 35.5. The van der Waals surface area contributed by atoms with Gasteiger partial charge in [0.05, 0.1) is 10.6 Å². The molecule has 0 aromatic heterocycles. The molecule has 2 amide bonds. The SMILES string of the molecule is CCC(C)NC(=O)C(C)N(Cc1c(Cl)cccc1Cl)C(=O)CN(c1ccccc1)S(=O)(=O)c1ccc(C)cc1. The number of para-hydroxylation sites is 1. The van der Waals surface area contributed by atoms with Crippen LogP contribution >= 0.6 is 23.2 Å². The molecule has 208 valence electrons. The Morgan fingerprint density at radius 2 is 1.49 bits per heavy atom. The normalized spacial score (nSPS) is 12.9. The number of anilines is 1. The van der Waals surface area contributed by atoms with E-state index < -0.39 is 28.5 Å². The third-order valence-corrected chi connectivity index (χ3v) is 8.99. The van der Waals surface area contributed by atoms with Crippen molar-refractivity contribution in [1.29, 1.82) is 0 Å². The topological polar surface area (TPSA) is 86.8 Å². The molecule has 0 aliphatic heterocycles. The number of carbonyl (C=O) groups excluding carboxylic acids is 2. The van der Waals surface area contributed by atoms with Crippen LogP contribution in [0.15, 0.2) is 77.7 Å². The monoisotopic (exact) mass is 589 g/mol. The highest BCUT2D eigenvalue weighted by molar-refractivity contribution is 7.92. The molecule has 10 heteroatoms. The van der Waals surface area contributed by atoms with E-state index in [0.717, 1.165) is 9.87 Å². The summed E-state index contributed by atoms with van der Waals surface area (Å²) in [6.45, 7) is 6.64. The fraction of sp³-hybridized carbons (Fsp3) is 0.310. The Hall–Kier alpha value is -3.07. The van der Waals surface area contributed by atoms with Gasteiger partial charge in [0.2, 0.25) is 11.8 Å². The van der Waals surface area contributed by atoms with Gasteiger partial charge in [-0.05, 0) is 63.6 Å². The number of nitrogens with zero attached hydrogens (tertiary/aromatic N) is 2. The van der Waals surface area contributed by atoms with E-state index in [1.54, 1.807) is 67.6 Å². The van der Waals surface area contributed by atoms with Crippen molar-refractivity contribution in [3.8, 4) is 0 Å². The number of rotatable bonds is 11. The Balaban J connectivity index is 2.04. The lowest BCUT2D eigenvalue weighted by Crippen LogP contribution is -2.52. The predicted octanol–water partition coefficient (Wildman–Crippen LogP) is 5.83. The second-order valence-corrected chi connectivity index (χ2v) is 12.1. The van der Waals surface area contributed by atoms with Crippen molar-refractivity contribution in [2.45, 2.75) is 57.6 Å². The van der Waals surface area contributed by atoms with Gasteiger partial charge in [0, 0.05) is 28.2 Å². The molecule has 0 aliphatic rings. The number of halogens is 2. The van der Waals surface area contributed by atoms with Crippen molar-refractivity contribution in [2.75, 3.05) is 10.8 Å². The number of carbonyl (C=O) groups is 2. The zero-order valence-electron chi connectivity index (χ0n) is 22.4. The Morgan fingerprint density at radius 3 is 2.05 bits per heavy atom. The van der Waals surface area contributed by atoms with Gasteiger partial charge in [-0.15, -0.1) is 0 Å². The number of amides is 2. The zero-order valence-corrected chi connectivity index (χ0v) is 24.7. The molecule has 1 N–H and O–H groups in total. The molecule has 3 rings (SSSR count). The van der Waals surface area contributed by atoms with E-state index in [2.05, 4.69) is 5.32 Å². The molecule has 0 saturated carbocycles. The molecule has 3 aromatic carbocycles. The van der Waals surface area contributed by atoms with E-state index >= 15 is 0 Å². The van der Waals surface area contributed by atoms with Crippen molar-refractivity contribution < 1.29 is 18.0 Å². The summed E-state index contributed by atoms with van der Waals surface area (Å²) < 4.78 is 28.6. The molecule has 2 atom stereocenters. The van der Waals surface area contributed by atoms with Gasteiger partial charge in [0.1, 0.15) is 12.6 Å². The zero-order chi connectivity index (χ0) is 28.7. The van der Waals surface area contributed by atoms with Gasteiger partial charge in [-0.3, -0.25) is 13.9 Å². The second-order valence-electron chi connectivity index (χ2n) is 9.38. The molecule has 0 bridgehead atoms. The largest absolute Gasteiger partial charge is 0.352 e. The quantitative estimate of drug-likeness (QED) is 0.305. The number of hydrogen-bond donors (Lipinski definition) is 1. The van der Waals surface area contributed by atoms with E-state index in [4.69, 9.17) is 23.2 Å². The van der Waals surface area contributed by atoms with Crippen LogP contribution in [0.3, 0.4) is 0 Å². The van der Waals surface area contributed by atoms with Crippen LogP contribution in [0.5, 0.6) is 0 Å². The van der Waals surface area contributed by atoms with Gasteiger partial charge in [-0.1, -0.05) is 72.1 Å². The summed E-state index contributed by atoms with van der Waals surface area (Å²) in [5.74, 6) is -0.953. The minimum atomic E-state index is -4.12. The first-order valence-electron chi connectivity index (χ1n) is 12.6. The molecule has 0 fully saturated rings. The first-order chi connectivity index (χ1) is 18.4. The lowest BCUT2D eigenvalue weighted by atomic mass is 10.1. The molecule has 0 radical (unpaired) electrons. The third kappa shape index (κ3) is 7.53. The molecule has 2 unspecified atom stereocenters. The summed E-state index contributed by atoms with van der Waals surface area (Å²) in [5.41, 5.74) is 1.68. The number of nitrogens with one attached hydrogen (secondary N) is 1. The number of hydrogen-bond acceptors (Lipinski definition) is 4. The molecular formula is C29H33Cl2N3O4S. The van der Waals surface area contributed by atoms with E-state index in [1.807, 2.05) is 20.8 Å². The van der Waals surface area contributed by atoms with Crippen LogP contribution in [-0.4, -0.2) is 43.8 Å². The van der Waals surface area contributed by atoms with Gasteiger partial charge in [0.25, 0.3) is 10.0 Å². The standard InChI is InChI=1S/C29H33Cl2N3O4S/c1-5-21(3)32-29(36)22(4)33(18-25-26(30)12-9-13-27(25)31)28(35)19-34(23-10-7-6-8-11-23)39(37,38)24-16-14-20(2)15-17-24/h6-17,21-22H,5,18-19H2,1-4H3,(H,32,36). The van der Waals surface area contributed by atoms with Crippen LogP contribution in [0, 0.1) is 6.92 Å². The lowest BCUT2D eigenvalue weighted by molar-refractivity contribution is -0.139. The van der Waals surface area contributed by atoms with E-state index in [9.17, 15) is 18.0 Å². The van der Waals surface area contributed by atoms with Gasteiger partial charge < -0.3 is 10.2 Å². The molecule has 0 saturated heterocycles. The molecule has 7 nitrogen and oxygen atoms in total. The fourth-order valence-electron chi connectivity index (χ4n) is 3.86. The Kier molecular flexibility index (Phi) is 10.4. The first kappa shape index (κ1) is 30.5. The van der Waals surface area contributed by atoms with Crippen LogP contribution < -0.4 is 9.62 Å². The maximum absolute atomic E-state index is 13.9. The number of aryl methyl sites for hydroxylation is 1. The Labute approximate surface area is 240 Å². The van der Waals surface area contributed by atoms with Crippen LogP contribution in [0.2, 0.25) is 10.0 Å². The minimum Gasteiger partial charge on any atom is -0.352 e. The fourth-order valence-corrected chi connectivity index (χ4v) is 5.79. The van der Waals surface area contributed by atoms with Gasteiger partial charge in [0.15, 0.2) is 0 Å². The van der Waals surface area contributed by atoms with Crippen LogP contribution in [0.4, 0.5) is 5.69 Å². The van der Waals surface area contributed by atoms with E-state index in [1.165, 1.54) is 17.0 Å². The number of sulfonamides is 1. The van der Waals surface area contributed by atoms with Gasteiger partial charge in [-0.2, -0.15) is 0 Å². The summed E-state index contributed by atoms with van der Waals surface area (Å²) >= 11 is 12.8. The van der Waals surface area contributed by atoms with Crippen molar-refractivity contribution >= 4 is 50.7 Å². The van der Waals surface area contributed by atoms with Crippen LogP contribution in [0.1, 0.15) is 38.3 Å². The molecular weight excluding hydrogens is 557 g/mol. The molecule has 0 spiro atoms. The smallest absolute Gasteiger partial charge is 0.264 e. The van der Waals surface area contributed by atoms with Gasteiger partial charge in [-0.25, -0.2) is 8.42 Å². The van der Waals surface area contributed by atoms with Crippen LogP contribution in [-0.2, 0) is 26.2 Å². The molecule has 0 heterocycles.